The van der Waals surface area contributed by atoms with Gasteiger partial charge in [-0.3, -0.25) is 4.79 Å². The molecule has 2 atom stereocenters. The van der Waals surface area contributed by atoms with Crippen LogP contribution >= 0.6 is 0 Å². The number of carbonyl (C=O) groups excluding carboxylic acids is 2. The summed E-state index contributed by atoms with van der Waals surface area (Å²) in [6, 6.07) is 11.5. The van der Waals surface area contributed by atoms with Crippen LogP contribution in [0.4, 0.5) is 4.39 Å². The third kappa shape index (κ3) is 9.15. The number of halogens is 1. The summed E-state index contributed by atoms with van der Waals surface area (Å²) in [5.74, 6) is -2.35. The predicted molar refractivity (Wildman–Crippen MR) is 136 cm³/mol. The summed E-state index contributed by atoms with van der Waals surface area (Å²) in [6.07, 6.45) is -3.38. The van der Waals surface area contributed by atoms with Crippen LogP contribution in [0.1, 0.15) is 65.3 Å². The molecule has 0 bridgehead atoms. The molecule has 0 saturated heterocycles. The first-order valence-electron chi connectivity index (χ1n) is 12.4. The average Bonchev–Trinajstić information content (AvgIpc) is 3.20. The molecule has 0 aliphatic carbocycles. The van der Waals surface area contributed by atoms with Gasteiger partial charge in [-0.1, -0.05) is 43.2 Å². The maximum absolute atomic E-state index is 13.6. The summed E-state index contributed by atoms with van der Waals surface area (Å²) in [5.41, 5.74) is 4.14. The maximum atomic E-state index is 13.6. The summed E-state index contributed by atoms with van der Waals surface area (Å²) in [5, 5.41) is 38.2. The summed E-state index contributed by atoms with van der Waals surface area (Å²) >= 11 is 0. The monoisotopic (exact) mass is 549 g/mol. The number of aliphatic hydroxyl groups is 2. The molecule has 39 heavy (non-hydrogen) atoms. The van der Waals surface area contributed by atoms with E-state index in [0.29, 0.717) is 11.3 Å². The molecule has 0 radical (unpaired) electrons. The first-order valence-corrected chi connectivity index (χ1v) is 12.4. The number of carboxylic acids is 1. The molecular weight excluding hydrogens is 516 g/mol. The minimum Gasteiger partial charge on any atom is -0.550 e. The molecule has 0 fully saturated rings. The number of carboxylic acid groups (broad SMARTS) is 1. The average molecular weight is 550 g/mol. The van der Waals surface area contributed by atoms with Crippen molar-refractivity contribution in [3.05, 3.63) is 76.2 Å². The fraction of sp³-hybridized carbons (Fsp3) is 0.393. The number of nitrogens with one attached hydrogen (secondary N) is 1. The van der Waals surface area contributed by atoms with Crippen LogP contribution in [0, 0.1) is 19.7 Å². The van der Waals surface area contributed by atoms with E-state index < -0.39 is 36.3 Å². The van der Waals surface area contributed by atoms with Crippen molar-refractivity contribution in [3.63, 3.8) is 0 Å². The van der Waals surface area contributed by atoms with Gasteiger partial charge in [0.15, 0.2) is 5.69 Å². The molecule has 0 unspecified atom stereocenters. The minimum absolute atomic E-state index is 0. The third-order valence-corrected chi connectivity index (χ3v) is 5.83. The summed E-state index contributed by atoms with van der Waals surface area (Å²) < 4.78 is 20.9. The third-order valence-electron chi connectivity index (χ3n) is 5.83. The van der Waals surface area contributed by atoms with Crippen LogP contribution in [0.15, 0.2) is 42.5 Å². The van der Waals surface area contributed by atoms with Gasteiger partial charge in [-0.05, 0) is 49.6 Å². The second-order valence-electron chi connectivity index (χ2n) is 9.72. The number of nitrogens with zero attached hydrogens (tertiary/aromatic N) is 2. The minimum atomic E-state index is -1.43. The van der Waals surface area contributed by atoms with Crippen LogP contribution in [0.5, 0.6) is 5.88 Å². The van der Waals surface area contributed by atoms with E-state index in [9.17, 15) is 29.3 Å². The number of carbonyl (C=O) groups is 2. The van der Waals surface area contributed by atoms with Crippen LogP contribution in [0.25, 0.3) is 5.69 Å². The molecule has 1 heterocycles. The molecule has 3 aromatic rings. The van der Waals surface area contributed by atoms with E-state index >= 15 is 0 Å². The molecule has 0 spiro atoms. The van der Waals surface area contributed by atoms with E-state index in [-0.39, 0.29) is 66.6 Å². The molecule has 204 valence electrons. The van der Waals surface area contributed by atoms with Gasteiger partial charge in [0.05, 0.1) is 17.9 Å². The molecule has 0 aliphatic heterocycles. The Balaban J connectivity index is 0.00000533. The molecule has 0 saturated carbocycles. The van der Waals surface area contributed by atoms with Crippen molar-refractivity contribution in [2.24, 2.45) is 0 Å². The van der Waals surface area contributed by atoms with E-state index in [1.165, 1.54) is 28.9 Å². The van der Waals surface area contributed by atoms with Crippen molar-refractivity contribution in [1.82, 2.24) is 15.1 Å². The van der Waals surface area contributed by atoms with E-state index in [1.807, 2.05) is 45.9 Å². The molecular formula is C28H33FN3NaO6. The number of aliphatic carboxylic acids is 1. The van der Waals surface area contributed by atoms with Gasteiger partial charge in [-0.25, -0.2) is 9.07 Å². The maximum Gasteiger partial charge on any atom is 1.00 e. The predicted octanol–water partition coefficient (Wildman–Crippen LogP) is -0.684. The van der Waals surface area contributed by atoms with Gasteiger partial charge in [-0.2, -0.15) is 5.10 Å². The van der Waals surface area contributed by atoms with Gasteiger partial charge in [0, 0.05) is 30.9 Å². The quantitative estimate of drug-likeness (QED) is 0.255. The number of amides is 1. The summed E-state index contributed by atoms with van der Waals surface area (Å²) in [4.78, 5) is 24.0. The molecule has 2 aromatic carbocycles. The number of ether oxygens (including phenoxy) is 1. The normalized spacial score (nSPS) is 12.5. The largest absolute Gasteiger partial charge is 1.00 e. The molecule has 9 nitrogen and oxygen atoms in total. The van der Waals surface area contributed by atoms with Crippen molar-refractivity contribution in [2.75, 3.05) is 6.61 Å². The molecule has 11 heteroatoms. The fourth-order valence-electron chi connectivity index (χ4n) is 4.27. The Bertz CT molecular complexity index is 1260. The zero-order valence-electron chi connectivity index (χ0n) is 22.9. The van der Waals surface area contributed by atoms with Gasteiger partial charge in [0.2, 0.25) is 5.88 Å². The van der Waals surface area contributed by atoms with Crippen LogP contribution in [-0.2, 0) is 11.3 Å². The smallest absolute Gasteiger partial charge is 0.550 e. The molecule has 1 aromatic heterocycles. The van der Waals surface area contributed by atoms with E-state index in [2.05, 4.69) is 10.4 Å². The fourth-order valence-corrected chi connectivity index (χ4v) is 4.27. The first-order chi connectivity index (χ1) is 17.9. The van der Waals surface area contributed by atoms with Crippen LogP contribution in [0.2, 0.25) is 0 Å². The Morgan fingerprint density at radius 1 is 1.08 bits per heavy atom. The van der Waals surface area contributed by atoms with Crippen molar-refractivity contribution < 1.29 is 63.6 Å². The van der Waals surface area contributed by atoms with Gasteiger partial charge >= 0.3 is 29.6 Å². The zero-order chi connectivity index (χ0) is 28.0. The van der Waals surface area contributed by atoms with E-state index in [4.69, 9.17) is 4.74 Å². The summed E-state index contributed by atoms with van der Waals surface area (Å²) in [6.45, 7) is 7.66. The molecule has 3 N–H and O–H groups in total. The van der Waals surface area contributed by atoms with Crippen LogP contribution in [0.3, 0.4) is 0 Å². The number of aliphatic hydroxyl groups excluding tert-OH is 2. The van der Waals surface area contributed by atoms with E-state index in [1.54, 1.807) is 0 Å². The number of hydrogen-bond donors (Lipinski definition) is 3. The van der Waals surface area contributed by atoms with Crippen molar-refractivity contribution >= 4 is 11.9 Å². The second-order valence-corrected chi connectivity index (χ2v) is 9.72. The Labute approximate surface area is 249 Å². The Hall–Kier alpha value is -2.76. The number of benzene rings is 2. The van der Waals surface area contributed by atoms with Gasteiger partial charge in [-0.15, -0.1) is 0 Å². The number of hydrogen-bond acceptors (Lipinski definition) is 7. The number of aromatic nitrogens is 2. The Morgan fingerprint density at radius 2 is 1.69 bits per heavy atom. The Kier molecular flexibility index (Phi) is 12.1. The standard InChI is InChI=1S/C28H34FN3O6.Na/c1-16(2)25-26(27(37)30-14-19-10-17(3)9-18(4)11-19)31-32(21-7-5-20(29)6-8-21)28(25)38-15-23(34)12-22(33)13-24(35)36;/h5-11,16,22-23,33-34H,12-15H2,1-4H3,(H,30,37)(H,35,36);/q;+1/p-1/t22-,23+;/m1./s1. The van der Waals surface area contributed by atoms with Crippen molar-refractivity contribution in [2.45, 2.75) is 65.2 Å². The first kappa shape index (κ1) is 32.5. The van der Waals surface area contributed by atoms with E-state index in [0.717, 1.165) is 16.7 Å². The van der Waals surface area contributed by atoms with Crippen LogP contribution in [-0.4, -0.2) is 50.7 Å². The second kappa shape index (κ2) is 14.6. The van der Waals surface area contributed by atoms with Crippen molar-refractivity contribution in [1.29, 1.82) is 0 Å². The number of rotatable bonds is 12. The zero-order valence-corrected chi connectivity index (χ0v) is 24.9. The van der Waals surface area contributed by atoms with Crippen molar-refractivity contribution in [3.8, 4) is 11.6 Å². The summed E-state index contributed by atoms with van der Waals surface area (Å²) in [7, 11) is 0. The Morgan fingerprint density at radius 3 is 2.26 bits per heavy atom. The SMILES string of the molecule is Cc1cc(C)cc(CNC(=O)c2nn(-c3ccc(F)cc3)c(OC[C@@H](O)C[C@@H](O)CC(=O)[O-])c2C(C)C)c1.[Na+]. The van der Waals surface area contributed by atoms with Gasteiger partial charge < -0.3 is 30.2 Å². The number of aryl methyl sites for hydroxylation is 2. The topological polar surface area (TPSA) is 137 Å². The van der Waals surface area contributed by atoms with Crippen LogP contribution < -0.4 is 44.7 Å². The molecule has 1 amide bonds. The molecule has 3 rings (SSSR count). The molecule has 0 aliphatic rings. The van der Waals surface area contributed by atoms with Gasteiger partial charge in [0.1, 0.15) is 12.4 Å². The van der Waals surface area contributed by atoms with Gasteiger partial charge in [0.25, 0.3) is 5.91 Å².